The van der Waals surface area contributed by atoms with Gasteiger partial charge < -0.3 is 5.21 Å². The molecule has 2 rings (SSSR count). The first-order valence-corrected chi connectivity index (χ1v) is 5.52. The smallest absolute Gasteiger partial charge is 0.309 e. The number of benzene rings is 1. The van der Waals surface area contributed by atoms with Crippen LogP contribution < -0.4 is 4.73 Å². The van der Waals surface area contributed by atoms with Crippen molar-refractivity contribution in [1.82, 2.24) is 0 Å². The van der Waals surface area contributed by atoms with Gasteiger partial charge >= 0.3 is 4.34 Å². The van der Waals surface area contributed by atoms with Crippen molar-refractivity contribution in [3.63, 3.8) is 0 Å². The minimum Gasteiger partial charge on any atom is -0.617 e. The van der Waals surface area contributed by atoms with Gasteiger partial charge in [0, 0.05) is 6.07 Å². The van der Waals surface area contributed by atoms with Crippen molar-refractivity contribution in [2.24, 2.45) is 0 Å². The zero-order valence-electron chi connectivity index (χ0n) is 6.48. The van der Waals surface area contributed by atoms with Gasteiger partial charge in [0.25, 0.3) is 0 Å². The Kier molecular flexibility index (Phi) is 1.94. The second-order valence-electron chi connectivity index (χ2n) is 2.33. The molecule has 2 aromatic rings. The van der Waals surface area contributed by atoms with E-state index in [1.165, 1.54) is 23.1 Å². The Morgan fingerprint density at radius 2 is 2.17 bits per heavy atom. The predicted octanol–water partition coefficient (Wildman–Crippen LogP) is 2.26. The van der Waals surface area contributed by atoms with Crippen molar-refractivity contribution < 1.29 is 4.73 Å². The molecule has 0 amide bonds. The molecule has 0 N–H and O–H groups in total. The van der Waals surface area contributed by atoms with Crippen LogP contribution in [0.2, 0.25) is 0 Å². The van der Waals surface area contributed by atoms with Crippen LogP contribution in [0.25, 0.3) is 10.2 Å². The molecule has 2 nitrogen and oxygen atoms in total. The first-order valence-electron chi connectivity index (χ1n) is 3.48. The standard InChI is InChI=1S/C8H7NOS2/c1-11-8-9(10)6-4-2-3-5-7(6)12-8/h2-5H,1H3. The van der Waals surface area contributed by atoms with E-state index in [9.17, 15) is 5.21 Å². The van der Waals surface area contributed by atoms with Gasteiger partial charge in [0.2, 0.25) is 5.52 Å². The molecule has 0 radical (unpaired) electrons. The molecule has 62 valence electrons. The molecule has 1 aromatic heterocycles. The maximum absolute atomic E-state index is 11.5. The number of hydrogen-bond donors (Lipinski definition) is 0. The second kappa shape index (κ2) is 2.95. The van der Waals surface area contributed by atoms with Crippen LogP contribution in [0.15, 0.2) is 28.6 Å². The number of thiazole rings is 1. The van der Waals surface area contributed by atoms with Gasteiger partial charge in [-0.1, -0.05) is 23.5 Å². The van der Waals surface area contributed by atoms with Gasteiger partial charge in [0.15, 0.2) is 0 Å². The highest BCUT2D eigenvalue weighted by Gasteiger charge is 2.12. The first kappa shape index (κ1) is 7.89. The molecule has 0 bridgehead atoms. The molecule has 12 heavy (non-hydrogen) atoms. The third kappa shape index (κ3) is 1.07. The van der Waals surface area contributed by atoms with E-state index in [0.29, 0.717) is 0 Å². The lowest BCUT2D eigenvalue weighted by Crippen LogP contribution is -2.25. The minimum absolute atomic E-state index is 0.770. The summed E-state index contributed by atoms with van der Waals surface area (Å²) < 4.78 is 2.85. The lowest BCUT2D eigenvalue weighted by atomic mass is 10.3. The third-order valence-electron chi connectivity index (χ3n) is 1.62. The third-order valence-corrected chi connectivity index (χ3v) is 3.79. The molecule has 1 heterocycles. The van der Waals surface area contributed by atoms with Crippen molar-refractivity contribution >= 4 is 33.3 Å². The van der Waals surface area contributed by atoms with Gasteiger partial charge in [-0.15, -0.1) is 4.73 Å². The van der Waals surface area contributed by atoms with E-state index in [4.69, 9.17) is 0 Å². The first-order chi connectivity index (χ1) is 5.83. The summed E-state index contributed by atoms with van der Waals surface area (Å²) in [6.07, 6.45) is 1.92. The maximum atomic E-state index is 11.5. The average Bonchev–Trinajstić information content (AvgIpc) is 2.44. The van der Waals surface area contributed by atoms with Crippen LogP contribution in [0, 0.1) is 5.21 Å². The summed E-state index contributed by atoms with van der Waals surface area (Å²) in [7, 11) is 0. The Morgan fingerprint density at radius 3 is 2.83 bits per heavy atom. The summed E-state index contributed by atoms with van der Waals surface area (Å²) in [6, 6.07) is 7.64. The zero-order valence-corrected chi connectivity index (χ0v) is 8.11. The second-order valence-corrected chi connectivity index (χ2v) is 4.42. The molecular weight excluding hydrogens is 190 g/mol. The fourth-order valence-corrected chi connectivity index (χ4v) is 2.71. The molecule has 1 aromatic carbocycles. The lowest BCUT2D eigenvalue weighted by molar-refractivity contribution is -0.611. The fraction of sp³-hybridized carbons (Fsp3) is 0.125. The number of aromatic nitrogens is 1. The summed E-state index contributed by atoms with van der Waals surface area (Å²) in [5.41, 5.74) is 0.770. The lowest BCUT2D eigenvalue weighted by Gasteiger charge is -1.93. The summed E-state index contributed by atoms with van der Waals surface area (Å²) in [5, 5.41) is 11.5. The maximum Gasteiger partial charge on any atom is 0.309 e. The number of fused-ring (bicyclic) bond motifs is 1. The van der Waals surface area contributed by atoms with Crippen LogP contribution in [0.3, 0.4) is 0 Å². The van der Waals surface area contributed by atoms with Crippen molar-refractivity contribution in [3.05, 3.63) is 29.5 Å². The molecular formula is C8H7NOS2. The molecule has 4 heteroatoms. The largest absolute Gasteiger partial charge is 0.617 e. The van der Waals surface area contributed by atoms with Crippen molar-refractivity contribution in [2.75, 3.05) is 6.26 Å². The molecule has 0 atom stereocenters. The van der Waals surface area contributed by atoms with Gasteiger partial charge in [0.05, 0.1) is 0 Å². The summed E-state index contributed by atoms with van der Waals surface area (Å²) in [5.74, 6) is 0. The highest BCUT2D eigenvalue weighted by Crippen LogP contribution is 2.25. The average molecular weight is 197 g/mol. The molecule has 0 spiro atoms. The Labute approximate surface area is 78.4 Å². The highest BCUT2D eigenvalue weighted by atomic mass is 32.2. The number of thioether (sulfide) groups is 1. The van der Waals surface area contributed by atoms with Crippen LogP contribution in [0.5, 0.6) is 0 Å². The van der Waals surface area contributed by atoms with Gasteiger partial charge in [-0.25, -0.2) is 0 Å². The normalized spacial score (nSPS) is 10.8. The van der Waals surface area contributed by atoms with Crippen LogP contribution in [0.4, 0.5) is 0 Å². The number of para-hydroxylation sites is 1. The van der Waals surface area contributed by atoms with Crippen molar-refractivity contribution in [3.8, 4) is 0 Å². The van der Waals surface area contributed by atoms with Gasteiger partial charge in [0.1, 0.15) is 4.70 Å². The Morgan fingerprint density at radius 1 is 1.42 bits per heavy atom. The molecule has 0 unspecified atom stereocenters. The summed E-state index contributed by atoms with van der Waals surface area (Å²) in [4.78, 5) is 0. The van der Waals surface area contributed by atoms with E-state index in [0.717, 1.165) is 19.3 Å². The van der Waals surface area contributed by atoms with E-state index in [1.807, 2.05) is 30.5 Å². The van der Waals surface area contributed by atoms with E-state index in [1.54, 1.807) is 0 Å². The molecule has 0 saturated carbocycles. The molecule has 0 aliphatic carbocycles. The van der Waals surface area contributed by atoms with E-state index in [-0.39, 0.29) is 0 Å². The highest BCUT2D eigenvalue weighted by molar-refractivity contribution is 8.00. The van der Waals surface area contributed by atoms with Crippen LogP contribution in [0.1, 0.15) is 0 Å². The Balaban J connectivity index is 2.78. The van der Waals surface area contributed by atoms with Crippen molar-refractivity contribution in [1.29, 1.82) is 0 Å². The van der Waals surface area contributed by atoms with Crippen molar-refractivity contribution in [2.45, 2.75) is 4.34 Å². The molecule has 0 fully saturated rings. The number of nitrogens with zero attached hydrogens (tertiary/aromatic N) is 1. The van der Waals surface area contributed by atoms with Gasteiger partial charge in [-0.2, -0.15) is 0 Å². The predicted molar refractivity (Wildman–Crippen MR) is 52.6 cm³/mol. The van der Waals surface area contributed by atoms with Crippen LogP contribution in [-0.2, 0) is 0 Å². The summed E-state index contributed by atoms with van der Waals surface area (Å²) >= 11 is 3.03. The summed E-state index contributed by atoms with van der Waals surface area (Å²) in [6.45, 7) is 0. The van der Waals surface area contributed by atoms with E-state index < -0.39 is 0 Å². The molecule has 0 saturated heterocycles. The number of hydrogen-bond acceptors (Lipinski definition) is 3. The number of rotatable bonds is 1. The SMILES string of the molecule is CSc1sc2ccccc2[n+]1[O-]. The molecule has 0 aliphatic heterocycles. The van der Waals surface area contributed by atoms with Crippen LogP contribution in [-0.4, -0.2) is 6.26 Å². The van der Waals surface area contributed by atoms with Gasteiger partial charge in [-0.05, 0) is 24.1 Å². The molecule has 0 aliphatic rings. The van der Waals surface area contributed by atoms with Gasteiger partial charge in [-0.3, -0.25) is 0 Å². The van der Waals surface area contributed by atoms with Crippen LogP contribution >= 0.6 is 23.1 Å². The monoisotopic (exact) mass is 197 g/mol. The Hall–Kier alpha value is -0.740. The quantitative estimate of drug-likeness (QED) is 0.398. The topological polar surface area (TPSA) is 26.9 Å². The fourth-order valence-electron chi connectivity index (χ4n) is 1.07. The van der Waals surface area contributed by atoms with E-state index >= 15 is 0 Å². The zero-order chi connectivity index (χ0) is 8.55. The Bertz CT molecular complexity index is 410. The van der Waals surface area contributed by atoms with E-state index in [2.05, 4.69) is 0 Å². The minimum atomic E-state index is 0.770.